The molecule has 0 bridgehead atoms. The van der Waals surface area contributed by atoms with Crippen molar-refractivity contribution in [3.05, 3.63) is 54.1 Å². The van der Waals surface area contributed by atoms with Crippen molar-refractivity contribution in [1.82, 2.24) is 0 Å². The number of nitrogens with zero attached hydrogens (tertiary/aromatic N) is 1. The van der Waals surface area contributed by atoms with Crippen LogP contribution in [0.2, 0.25) is 0 Å². The molecule has 0 aromatic heterocycles. The molecule has 0 spiro atoms. The van der Waals surface area contributed by atoms with Gasteiger partial charge in [0.2, 0.25) is 15.9 Å². The Hall–Kier alpha value is -2.54. The van der Waals surface area contributed by atoms with Gasteiger partial charge < -0.3 is 10.1 Å². The fraction of sp³-hybridized carbons (Fsp3) is 0.350. The highest BCUT2D eigenvalue weighted by Gasteiger charge is 2.29. The van der Waals surface area contributed by atoms with Gasteiger partial charge >= 0.3 is 0 Å². The SMILES string of the molecule is COc1ccc(N(C(C)C(=O)Nc2ccc(C(C)C)cc2)S(C)(=O)=O)cc1. The zero-order chi connectivity index (χ0) is 20.2. The van der Waals surface area contributed by atoms with E-state index in [1.165, 1.54) is 7.11 Å². The van der Waals surface area contributed by atoms with E-state index in [0.29, 0.717) is 23.0 Å². The number of rotatable bonds is 7. The summed E-state index contributed by atoms with van der Waals surface area (Å²) >= 11 is 0. The number of hydrogen-bond donors (Lipinski definition) is 1. The summed E-state index contributed by atoms with van der Waals surface area (Å²) in [5.41, 5.74) is 2.19. The molecule has 1 N–H and O–H groups in total. The van der Waals surface area contributed by atoms with Gasteiger partial charge in [0.1, 0.15) is 11.8 Å². The molecule has 1 unspecified atom stereocenters. The van der Waals surface area contributed by atoms with Crippen LogP contribution in [0.15, 0.2) is 48.5 Å². The molecule has 0 aliphatic carbocycles. The molecule has 146 valence electrons. The summed E-state index contributed by atoms with van der Waals surface area (Å²) in [6.45, 7) is 5.74. The van der Waals surface area contributed by atoms with Crippen molar-refractivity contribution in [2.75, 3.05) is 23.0 Å². The molecular formula is C20H26N2O4S. The number of nitrogens with one attached hydrogen (secondary N) is 1. The van der Waals surface area contributed by atoms with E-state index in [2.05, 4.69) is 19.2 Å². The van der Waals surface area contributed by atoms with Crippen LogP contribution in [0.1, 0.15) is 32.3 Å². The molecule has 7 heteroatoms. The van der Waals surface area contributed by atoms with E-state index in [9.17, 15) is 13.2 Å². The maximum absolute atomic E-state index is 12.7. The molecule has 0 saturated carbocycles. The van der Waals surface area contributed by atoms with E-state index in [4.69, 9.17) is 4.74 Å². The highest BCUT2D eigenvalue weighted by Crippen LogP contribution is 2.24. The van der Waals surface area contributed by atoms with Crippen molar-refractivity contribution < 1.29 is 17.9 Å². The van der Waals surface area contributed by atoms with Gasteiger partial charge in [-0.25, -0.2) is 8.42 Å². The van der Waals surface area contributed by atoms with Crippen LogP contribution in [-0.4, -0.2) is 33.7 Å². The normalized spacial score (nSPS) is 12.5. The Kier molecular flexibility index (Phi) is 6.49. The van der Waals surface area contributed by atoms with Crippen LogP contribution in [0.5, 0.6) is 5.75 Å². The lowest BCUT2D eigenvalue weighted by Gasteiger charge is -2.28. The van der Waals surface area contributed by atoms with E-state index in [-0.39, 0.29) is 0 Å². The van der Waals surface area contributed by atoms with Gasteiger partial charge in [0, 0.05) is 5.69 Å². The molecule has 1 atom stereocenters. The van der Waals surface area contributed by atoms with Gasteiger partial charge in [-0.1, -0.05) is 26.0 Å². The summed E-state index contributed by atoms with van der Waals surface area (Å²) in [5.74, 6) is 0.590. The first-order valence-electron chi connectivity index (χ1n) is 8.67. The second kappa shape index (κ2) is 8.43. The second-order valence-electron chi connectivity index (χ2n) is 6.70. The lowest BCUT2D eigenvalue weighted by atomic mass is 10.0. The number of carbonyl (C=O) groups is 1. The maximum Gasteiger partial charge on any atom is 0.247 e. The Balaban J connectivity index is 2.23. The number of ether oxygens (including phenoxy) is 1. The van der Waals surface area contributed by atoms with E-state index in [1.54, 1.807) is 31.2 Å². The lowest BCUT2D eigenvalue weighted by molar-refractivity contribution is -0.116. The number of methoxy groups -OCH3 is 1. The van der Waals surface area contributed by atoms with Crippen LogP contribution in [0, 0.1) is 0 Å². The van der Waals surface area contributed by atoms with Crippen molar-refractivity contribution in [3.8, 4) is 5.75 Å². The number of hydrogen-bond acceptors (Lipinski definition) is 4. The number of carbonyl (C=O) groups excluding carboxylic acids is 1. The van der Waals surface area contributed by atoms with E-state index < -0.39 is 22.0 Å². The summed E-state index contributed by atoms with van der Waals surface area (Å²) in [5, 5.41) is 2.78. The molecule has 0 aliphatic rings. The van der Waals surface area contributed by atoms with Gasteiger partial charge in [0.05, 0.1) is 19.1 Å². The first-order valence-corrected chi connectivity index (χ1v) is 10.5. The van der Waals surface area contributed by atoms with Crippen LogP contribution in [-0.2, 0) is 14.8 Å². The van der Waals surface area contributed by atoms with Gasteiger partial charge in [-0.15, -0.1) is 0 Å². The van der Waals surface area contributed by atoms with Gasteiger partial charge in [0.25, 0.3) is 0 Å². The molecule has 1 amide bonds. The average Bonchev–Trinajstić information content (AvgIpc) is 2.61. The largest absolute Gasteiger partial charge is 0.497 e. The maximum atomic E-state index is 12.7. The Labute approximate surface area is 161 Å². The quantitative estimate of drug-likeness (QED) is 0.784. The minimum atomic E-state index is -3.66. The minimum absolute atomic E-state index is 0.393. The smallest absolute Gasteiger partial charge is 0.247 e. The summed E-state index contributed by atoms with van der Waals surface area (Å²) in [7, 11) is -2.13. The highest BCUT2D eigenvalue weighted by molar-refractivity contribution is 7.92. The van der Waals surface area contributed by atoms with Gasteiger partial charge in [-0.05, 0) is 54.8 Å². The molecule has 0 heterocycles. The van der Waals surface area contributed by atoms with Crippen molar-refractivity contribution in [2.24, 2.45) is 0 Å². The van der Waals surface area contributed by atoms with Crippen molar-refractivity contribution in [1.29, 1.82) is 0 Å². The van der Waals surface area contributed by atoms with Crippen molar-refractivity contribution in [2.45, 2.75) is 32.7 Å². The van der Waals surface area contributed by atoms with Crippen molar-refractivity contribution >= 4 is 27.3 Å². The molecule has 6 nitrogen and oxygen atoms in total. The van der Waals surface area contributed by atoms with E-state index in [0.717, 1.165) is 16.1 Å². The molecule has 2 aromatic carbocycles. The summed E-state index contributed by atoms with van der Waals surface area (Å²) < 4.78 is 30.8. The average molecular weight is 391 g/mol. The van der Waals surface area contributed by atoms with Crippen LogP contribution < -0.4 is 14.4 Å². The molecule has 27 heavy (non-hydrogen) atoms. The number of anilines is 2. The highest BCUT2D eigenvalue weighted by atomic mass is 32.2. The number of sulfonamides is 1. The third kappa shape index (κ3) is 5.23. The summed E-state index contributed by atoms with van der Waals surface area (Å²) in [4.78, 5) is 12.7. The van der Waals surface area contributed by atoms with Crippen LogP contribution in [0.3, 0.4) is 0 Å². The standard InChI is InChI=1S/C20H26N2O4S/c1-14(2)16-6-8-17(9-7-16)21-20(23)15(3)22(27(5,24)25)18-10-12-19(26-4)13-11-18/h6-15H,1-5H3,(H,21,23). The third-order valence-corrected chi connectivity index (χ3v) is 5.50. The third-order valence-electron chi connectivity index (χ3n) is 4.26. The molecule has 0 fully saturated rings. The van der Waals surface area contributed by atoms with Crippen LogP contribution in [0.4, 0.5) is 11.4 Å². The second-order valence-corrected chi connectivity index (χ2v) is 8.56. The Morgan fingerprint density at radius 3 is 2.00 bits per heavy atom. The van der Waals surface area contributed by atoms with E-state index in [1.807, 2.05) is 24.3 Å². The first kappa shape index (κ1) is 20.8. The number of benzene rings is 2. The fourth-order valence-corrected chi connectivity index (χ4v) is 3.91. The van der Waals surface area contributed by atoms with Gasteiger partial charge in [-0.3, -0.25) is 9.10 Å². The molecular weight excluding hydrogens is 364 g/mol. The van der Waals surface area contributed by atoms with Gasteiger partial charge in [-0.2, -0.15) is 0 Å². The monoisotopic (exact) mass is 390 g/mol. The topological polar surface area (TPSA) is 75.7 Å². The Morgan fingerprint density at radius 2 is 1.56 bits per heavy atom. The summed E-state index contributed by atoms with van der Waals surface area (Å²) in [6, 6.07) is 13.1. The first-order chi connectivity index (χ1) is 12.6. The predicted molar refractivity (Wildman–Crippen MR) is 109 cm³/mol. The fourth-order valence-electron chi connectivity index (χ4n) is 2.74. The molecule has 0 aliphatic heterocycles. The van der Waals surface area contributed by atoms with Crippen LogP contribution >= 0.6 is 0 Å². The molecule has 2 aromatic rings. The Bertz CT molecular complexity index is 875. The Morgan fingerprint density at radius 1 is 1.00 bits per heavy atom. The zero-order valence-corrected chi connectivity index (χ0v) is 17.1. The summed E-state index contributed by atoms with van der Waals surface area (Å²) in [6.07, 6.45) is 1.08. The molecule has 0 saturated heterocycles. The van der Waals surface area contributed by atoms with E-state index >= 15 is 0 Å². The number of amides is 1. The predicted octanol–water partition coefficient (Wildman–Crippen LogP) is 3.61. The van der Waals surface area contributed by atoms with Crippen LogP contribution in [0.25, 0.3) is 0 Å². The van der Waals surface area contributed by atoms with Crippen molar-refractivity contribution in [3.63, 3.8) is 0 Å². The minimum Gasteiger partial charge on any atom is -0.497 e. The zero-order valence-electron chi connectivity index (χ0n) is 16.3. The molecule has 2 rings (SSSR count). The van der Waals surface area contributed by atoms with Gasteiger partial charge in [0.15, 0.2) is 0 Å². The lowest BCUT2D eigenvalue weighted by Crippen LogP contribution is -2.45. The molecule has 0 radical (unpaired) electrons.